The van der Waals surface area contributed by atoms with Crippen LogP contribution in [0.1, 0.15) is 0 Å². The summed E-state index contributed by atoms with van der Waals surface area (Å²) in [6, 6.07) is 1.74. The maximum atomic E-state index is 10.0. The van der Waals surface area contributed by atoms with Crippen molar-refractivity contribution in [3.05, 3.63) is 10.1 Å². The Kier molecular flexibility index (Phi) is 4.92. The minimum Gasteiger partial charge on any atom is -0.354 e. The number of nitrogens with zero attached hydrogens (tertiary/aromatic N) is 2. The lowest BCUT2D eigenvalue weighted by atomic mass is 10.1. The summed E-state index contributed by atoms with van der Waals surface area (Å²) in [5, 5.41) is 18.5. The smallest absolute Gasteiger partial charge is 0.224 e. The molecule has 0 saturated heterocycles. The third-order valence-corrected chi connectivity index (χ3v) is 1.30. The zero-order valence-corrected chi connectivity index (χ0v) is 6.89. The van der Waals surface area contributed by atoms with Crippen molar-refractivity contribution < 1.29 is 14.4 Å². The molecule has 0 saturated carbocycles. The highest BCUT2D eigenvalue weighted by Crippen LogP contribution is 2.06. The summed E-state index contributed by atoms with van der Waals surface area (Å²) >= 11 is 0. The fourth-order valence-corrected chi connectivity index (χ4v) is 0.773. The Labute approximate surface area is 69.8 Å². The van der Waals surface area contributed by atoms with E-state index in [1.165, 1.54) is 14.2 Å². The van der Waals surface area contributed by atoms with Gasteiger partial charge in [0, 0.05) is 19.1 Å². The zero-order valence-electron chi connectivity index (χ0n) is 6.89. The Morgan fingerprint density at radius 3 is 2.33 bits per heavy atom. The van der Waals surface area contributed by atoms with Crippen LogP contribution in [0.25, 0.3) is 0 Å². The minimum atomic E-state index is -0.866. The number of nitriles is 1. The summed E-state index contributed by atoms with van der Waals surface area (Å²) in [5.41, 5.74) is 0. The minimum absolute atomic E-state index is 0.469. The maximum Gasteiger partial charge on any atom is 0.224 e. The molecule has 12 heavy (non-hydrogen) atoms. The summed E-state index contributed by atoms with van der Waals surface area (Å²) in [6.07, 6.45) is -0.833. The quantitative estimate of drug-likeness (QED) is 0.333. The maximum absolute atomic E-state index is 10.0. The molecule has 0 bridgehead atoms. The van der Waals surface area contributed by atoms with E-state index in [2.05, 4.69) is 0 Å². The monoisotopic (exact) mass is 174 g/mol. The summed E-state index contributed by atoms with van der Waals surface area (Å²) in [7, 11) is 2.66. The van der Waals surface area contributed by atoms with Crippen molar-refractivity contribution in [3.63, 3.8) is 0 Å². The molecular formula is C6H10N2O4. The van der Waals surface area contributed by atoms with Crippen LogP contribution in [-0.2, 0) is 9.47 Å². The first-order valence-corrected chi connectivity index (χ1v) is 3.22. The van der Waals surface area contributed by atoms with Crippen LogP contribution in [0.3, 0.4) is 0 Å². The number of methoxy groups -OCH3 is 2. The van der Waals surface area contributed by atoms with Crippen LogP contribution in [0.2, 0.25) is 0 Å². The molecule has 0 N–H and O–H groups in total. The van der Waals surface area contributed by atoms with E-state index in [1.807, 2.05) is 0 Å². The number of hydrogen-bond acceptors (Lipinski definition) is 5. The van der Waals surface area contributed by atoms with Crippen LogP contribution in [-0.4, -0.2) is 32.0 Å². The van der Waals surface area contributed by atoms with Gasteiger partial charge in [-0.15, -0.1) is 0 Å². The molecule has 0 aromatic rings. The number of rotatable bonds is 5. The molecule has 0 amide bonds. The summed E-state index contributed by atoms with van der Waals surface area (Å²) in [4.78, 5) is 9.48. The highest BCUT2D eigenvalue weighted by molar-refractivity contribution is 4.84. The molecule has 0 aliphatic carbocycles. The van der Waals surface area contributed by atoms with E-state index in [0.29, 0.717) is 0 Å². The first-order chi connectivity index (χ1) is 5.65. The SMILES string of the molecule is COC(OC)[C@H](C#N)C[N+](=O)[O-]. The lowest BCUT2D eigenvalue weighted by Crippen LogP contribution is -2.29. The Bertz CT molecular complexity index is 184. The second kappa shape index (κ2) is 5.46. The molecule has 0 aliphatic heterocycles. The molecule has 0 fully saturated rings. The van der Waals surface area contributed by atoms with Crippen molar-refractivity contribution in [1.29, 1.82) is 5.26 Å². The van der Waals surface area contributed by atoms with E-state index in [-0.39, 0.29) is 0 Å². The van der Waals surface area contributed by atoms with Crippen LogP contribution in [0, 0.1) is 27.4 Å². The van der Waals surface area contributed by atoms with Gasteiger partial charge < -0.3 is 9.47 Å². The second-order valence-electron chi connectivity index (χ2n) is 2.09. The van der Waals surface area contributed by atoms with Crippen molar-refractivity contribution in [1.82, 2.24) is 0 Å². The first-order valence-electron chi connectivity index (χ1n) is 3.22. The van der Waals surface area contributed by atoms with Crippen molar-refractivity contribution in [2.75, 3.05) is 20.8 Å². The number of hydrogen-bond donors (Lipinski definition) is 0. The van der Waals surface area contributed by atoms with E-state index >= 15 is 0 Å². The molecule has 1 atom stereocenters. The van der Waals surface area contributed by atoms with Crippen molar-refractivity contribution >= 4 is 0 Å². The predicted molar refractivity (Wildman–Crippen MR) is 38.8 cm³/mol. The number of nitro groups is 1. The molecule has 68 valence electrons. The summed E-state index contributed by atoms with van der Waals surface area (Å²) in [6.45, 7) is -0.469. The second-order valence-corrected chi connectivity index (χ2v) is 2.09. The van der Waals surface area contributed by atoms with Gasteiger partial charge in [-0.3, -0.25) is 10.1 Å². The molecule has 0 unspecified atom stereocenters. The Morgan fingerprint density at radius 2 is 2.08 bits per heavy atom. The average molecular weight is 174 g/mol. The van der Waals surface area contributed by atoms with E-state index in [0.717, 1.165) is 0 Å². The van der Waals surface area contributed by atoms with E-state index in [4.69, 9.17) is 14.7 Å². The van der Waals surface area contributed by atoms with Crippen LogP contribution < -0.4 is 0 Å². The third-order valence-electron chi connectivity index (χ3n) is 1.30. The Morgan fingerprint density at radius 1 is 1.58 bits per heavy atom. The van der Waals surface area contributed by atoms with Gasteiger partial charge >= 0.3 is 0 Å². The van der Waals surface area contributed by atoms with Gasteiger partial charge in [0.15, 0.2) is 12.2 Å². The van der Waals surface area contributed by atoms with Gasteiger partial charge in [-0.25, -0.2) is 0 Å². The van der Waals surface area contributed by atoms with Crippen LogP contribution >= 0.6 is 0 Å². The molecule has 0 rings (SSSR count). The molecule has 0 aromatic carbocycles. The largest absolute Gasteiger partial charge is 0.354 e. The van der Waals surface area contributed by atoms with Gasteiger partial charge in [0.1, 0.15) is 0 Å². The van der Waals surface area contributed by atoms with Crippen LogP contribution in [0.5, 0.6) is 0 Å². The summed E-state index contributed by atoms with van der Waals surface area (Å²) < 4.78 is 9.41. The van der Waals surface area contributed by atoms with Gasteiger partial charge in [0.25, 0.3) is 0 Å². The third kappa shape index (κ3) is 3.27. The zero-order chi connectivity index (χ0) is 9.56. The Balaban J connectivity index is 4.13. The van der Waals surface area contributed by atoms with Gasteiger partial charge in [-0.1, -0.05) is 0 Å². The standard InChI is InChI=1S/C6H10N2O4/c1-11-6(12-2)5(3-7)4-8(9)10/h5-6H,4H2,1-2H3/t5-/m1/s1. The molecule has 0 radical (unpaired) electrons. The van der Waals surface area contributed by atoms with E-state index < -0.39 is 23.7 Å². The van der Waals surface area contributed by atoms with Gasteiger partial charge in [0.05, 0.1) is 6.07 Å². The van der Waals surface area contributed by atoms with Crippen molar-refractivity contribution in [2.45, 2.75) is 6.29 Å². The van der Waals surface area contributed by atoms with Crippen LogP contribution in [0.15, 0.2) is 0 Å². The van der Waals surface area contributed by atoms with E-state index in [1.54, 1.807) is 6.07 Å². The molecule has 0 aromatic heterocycles. The highest BCUT2D eigenvalue weighted by Gasteiger charge is 2.25. The molecule has 0 spiro atoms. The molecule has 0 aliphatic rings. The molecular weight excluding hydrogens is 164 g/mol. The fraction of sp³-hybridized carbons (Fsp3) is 0.833. The highest BCUT2D eigenvalue weighted by atomic mass is 16.7. The molecule has 6 heteroatoms. The van der Waals surface area contributed by atoms with E-state index in [9.17, 15) is 10.1 Å². The average Bonchev–Trinajstić information content (AvgIpc) is 2.04. The normalized spacial score (nSPS) is 12.5. The van der Waals surface area contributed by atoms with Gasteiger partial charge in [-0.05, 0) is 0 Å². The number of ether oxygens (including phenoxy) is 2. The topological polar surface area (TPSA) is 85.4 Å². The Hall–Kier alpha value is -1.19. The first kappa shape index (κ1) is 10.8. The molecule has 6 nitrogen and oxygen atoms in total. The van der Waals surface area contributed by atoms with Crippen molar-refractivity contribution in [2.24, 2.45) is 5.92 Å². The summed E-state index contributed by atoms with van der Waals surface area (Å²) in [5.74, 6) is -0.866. The van der Waals surface area contributed by atoms with Crippen LogP contribution in [0.4, 0.5) is 0 Å². The lowest BCUT2D eigenvalue weighted by molar-refractivity contribution is -0.490. The molecule has 0 heterocycles. The van der Waals surface area contributed by atoms with Crippen molar-refractivity contribution in [3.8, 4) is 6.07 Å². The fourth-order valence-electron chi connectivity index (χ4n) is 0.773. The lowest BCUT2D eigenvalue weighted by Gasteiger charge is -2.15. The van der Waals surface area contributed by atoms with Gasteiger partial charge in [-0.2, -0.15) is 5.26 Å². The van der Waals surface area contributed by atoms with Gasteiger partial charge in [0.2, 0.25) is 6.54 Å². The predicted octanol–water partition coefficient (Wildman–Crippen LogP) is 0.0218.